The predicted octanol–water partition coefficient (Wildman–Crippen LogP) is 5.66. The van der Waals surface area contributed by atoms with Crippen LogP contribution in [-0.4, -0.2) is 65.6 Å². The highest BCUT2D eigenvalue weighted by Crippen LogP contribution is 2.37. The van der Waals surface area contributed by atoms with E-state index in [9.17, 15) is 18.0 Å². The van der Waals surface area contributed by atoms with Gasteiger partial charge in [0.05, 0.1) is 31.9 Å². The second-order valence-corrected chi connectivity index (χ2v) is 13.0. The third-order valence-corrected chi connectivity index (χ3v) is 9.41. The molecule has 3 aromatic rings. The highest BCUT2D eigenvalue weighted by Gasteiger charge is 2.34. The highest BCUT2D eigenvalue weighted by atomic mass is 79.9. The van der Waals surface area contributed by atoms with Gasteiger partial charge in [-0.25, -0.2) is 8.42 Å². The Labute approximate surface area is 272 Å². The van der Waals surface area contributed by atoms with E-state index in [1.54, 1.807) is 13.0 Å². The fourth-order valence-corrected chi connectivity index (χ4v) is 6.24. The Kier molecular flexibility index (Phi) is 12.7. The summed E-state index contributed by atoms with van der Waals surface area (Å²) in [5.74, 6) is -0.267. The van der Waals surface area contributed by atoms with Gasteiger partial charge in [0.25, 0.3) is 10.0 Å². The Morgan fingerprint density at radius 2 is 1.57 bits per heavy atom. The normalized spacial score (nSPS) is 11.8. The van der Waals surface area contributed by atoms with Crippen LogP contribution in [0.5, 0.6) is 17.2 Å². The zero-order chi connectivity index (χ0) is 32.4. The number of nitrogens with zero attached hydrogens (tertiary/aromatic N) is 2. The Morgan fingerprint density at radius 3 is 2.18 bits per heavy atom. The molecule has 0 saturated carbocycles. The number of benzene rings is 3. The molecule has 13 heteroatoms. The Morgan fingerprint density at radius 1 is 0.932 bits per heavy atom. The van der Waals surface area contributed by atoms with E-state index in [1.807, 2.05) is 31.2 Å². The quantitative estimate of drug-likeness (QED) is 0.203. The van der Waals surface area contributed by atoms with Gasteiger partial charge in [-0.2, -0.15) is 0 Å². The second kappa shape index (κ2) is 16.0. The van der Waals surface area contributed by atoms with Crippen LogP contribution < -0.4 is 23.8 Å². The number of nitrogens with one attached hydrogen (secondary N) is 1. The van der Waals surface area contributed by atoms with Gasteiger partial charge in [0, 0.05) is 28.7 Å². The summed E-state index contributed by atoms with van der Waals surface area (Å²) < 4.78 is 46.4. The summed E-state index contributed by atoms with van der Waals surface area (Å²) in [6, 6.07) is 15.0. The minimum absolute atomic E-state index is 0.0479. The van der Waals surface area contributed by atoms with E-state index in [-0.39, 0.29) is 39.6 Å². The molecule has 0 unspecified atom stereocenters. The number of carbonyl (C=O) groups excluding carboxylic acids is 2. The molecule has 44 heavy (non-hydrogen) atoms. The van der Waals surface area contributed by atoms with Crippen LogP contribution in [0.15, 0.2) is 70.0 Å². The van der Waals surface area contributed by atoms with Crippen LogP contribution in [0.3, 0.4) is 0 Å². The van der Waals surface area contributed by atoms with Gasteiger partial charge < -0.3 is 24.4 Å². The molecule has 238 valence electrons. The lowest BCUT2D eigenvalue weighted by Crippen LogP contribution is -2.51. The van der Waals surface area contributed by atoms with Crippen LogP contribution in [0.25, 0.3) is 0 Å². The van der Waals surface area contributed by atoms with Gasteiger partial charge in [-0.1, -0.05) is 53.0 Å². The van der Waals surface area contributed by atoms with Gasteiger partial charge in [0.2, 0.25) is 11.8 Å². The largest absolute Gasteiger partial charge is 0.495 e. The summed E-state index contributed by atoms with van der Waals surface area (Å²) in [5, 5.41) is 3.10. The zero-order valence-corrected chi connectivity index (χ0v) is 28.5. The minimum Gasteiger partial charge on any atom is -0.495 e. The van der Waals surface area contributed by atoms with Crippen molar-refractivity contribution in [3.8, 4) is 17.2 Å². The first-order valence-corrected chi connectivity index (χ1v) is 16.5. The molecule has 0 spiro atoms. The monoisotopic (exact) mass is 709 g/mol. The molecule has 0 aliphatic carbocycles. The molecule has 1 atom stereocenters. The molecule has 0 heterocycles. The van der Waals surface area contributed by atoms with Crippen LogP contribution in [-0.2, 0) is 26.2 Å². The molecule has 0 fully saturated rings. The molecule has 0 aliphatic rings. The first kappa shape index (κ1) is 35.0. The third kappa shape index (κ3) is 8.58. The lowest BCUT2D eigenvalue weighted by Gasteiger charge is -2.32. The standard InChI is InChI=1S/C31H37BrClN3O7S/c1-6-7-16-34-31(38)21(2)35(19-22-8-10-23(32)11-9-22)30(37)20-36(26-17-24(33)12-14-27(26)41-3)44(39,40)25-13-15-28(42-4)29(18-25)43-5/h8-15,17-18,21H,6-7,16,19-20H2,1-5H3,(H,34,38)/t21-/m0/s1. The van der Waals surface area contributed by atoms with E-state index in [1.165, 1.54) is 56.6 Å². The number of methoxy groups -OCH3 is 3. The van der Waals surface area contributed by atoms with Crippen molar-refractivity contribution in [3.05, 3.63) is 75.7 Å². The van der Waals surface area contributed by atoms with Crippen molar-refractivity contribution in [2.75, 3.05) is 38.7 Å². The molecule has 0 aliphatic heterocycles. The van der Waals surface area contributed by atoms with Crippen LogP contribution in [0, 0.1) is 0 Å². The van der Waals surface area contributed by atoms with E-state index in [4.69, 9.17) is 25.8 Å². The fraction of sp³-hybridized carbons (Fsp3) is 0.355. The van der Waals surface area contributed by atoms with Gasteiger partial charge in [-0.05, 0) is 61.4 Å². The zero-order valence-electron chi connectivity index (χ0n) is 25.3. The molecule has 0 saturated heterocycles. The number of carbonyl (C=O) groups is 2. The first-order valence-electron chi connectivity index (χ1n) is 13.9. The van der Waals surface area contributed by atoms with Crippen molar-refractivity contribution in [2.24, 2.45) is 0 Å². The Balaban J connectivity index is 2.11. The number of hydrogen-bond acceptors (Lipinski definition) is 7. The minimum atomic E-state index is -4.43. The Bertz CT molecular complexity index is 1550. The van der Waals surface area contributed by atoms with Crippen molar-refractivity contribution >= 4 is 55.1 Å². The molecule has 3 rings (SSSR count). The summed E-state index contributed by atoms with van der Waals surface area (Å²) in [5.41, 5.74) is 0.802. The van der Waals surface area contributed by atoms with Crippen molar-refractivity contribution in [1.29, 1.82) is 0 Å². The van der Waals surface area contributed by atoms with Crippen molar-refractivity contribution in [2.45, 2.75) is 44.2 Å². The average Bonchev–Trinajstić information content (AvgIpc) is 3.02. The van der Waals surface area contributed by atoms with Crippen molar-refractivity contribution in [1.82, 2.24) is 10.2 Å². The van der Waals surface area contributed by atoms with E-state index in [0.717, 1.165) is 27.2 Å². The number of halogens is 2. The number of anilines is 1. The fourth-order valence-electron chi connectivity index (χ4n) is 4.38. The maximum Gasteiger partial charge on any atom is 0.265 e. The van der Waals surface area contributed by atoms with Crippen LogP contribution in [0.2, 0.25) is 5.02 Å². The predicted molar refractivity (Wildman–Crippen MR) is 174 cm³/mol. The summed E-state index contributed by atoms with van der Waals surface area (Å²) in [7, 11) is -0.210. The van der Waals surface area contributed by atoms with Crippen molar-refractivity contribution in [3.63, 3.8) is 0 Å². The Hall–Kier alpha value is -3.48. The molecular formula is C31H37BrClN3O7S. The lowest BCUT2D eigenvalue weighted by molar-refractivity contribution is -0.139. The summed E-state index contributed by atoms with van der Waals surface area (Å²) in [6.45, 7) is 3.49. The highest BCUT2D eigenvalue weighted by molar-refractivity contribution is 9.10. The molecule has 3 aromatic carbocycles. The van der Waals surface area contributed by atoms with E-state index in [0.29, 0.717) is 12.3 Å². The average molecular weight is 711 g/mol. The van der Waals surface area contributed by atoms with Gasteiger partial charge in [-0.3, -0.25) is 13.9 Å². The number of unbranched alkanes of at least 4 members (excludes halogenated alkanes) is 1. The molecule has 0 aromatic heterocycles. The van der Waals surface area contributed by atoms with Crippen LogP contribution in [0.1, 0.15) is 32.3 Å². The van der Waals surface area contributed by atoms with Gasteiger partial charge in [0.15, 0.2) is 11.5 Å². The van der Waals surface area contributed by atoms with Crippen LogP contribution >= 0.6 is 27.5 Å². The smallest absolute Gasteiger partial charge is 0.265 e. The number of ether oxygens (including phenoxy) is 3. The number of amides is 2. The van der Waals surface area contributed by atoms with Gasteiger partial charge in [0.1, 0.15) is 18.3 Å². The topological polar surface area (TPSA) is 114 Å². The third-order valence-electron chi connectivity index (χ3n) is 6.89. The van der Waals surface area contributed by atoms with Gasteiger partial charge in [-0.15, -0.1) is 0 Å². The number of sulfonamides is 1. The van der Waals surface area contributed by atoms with Crippen molar-refractivity contribution < 1.29 is 32.2 Å². The number of rotatable bonds is 15. The molecule has 2 amide bonds. The molecule has 0 bridgehead atoms. The maximum atomic E-state index is 14.3. The van der Waals surface area contributed by atoms with E-state index >= 15 is 0 Å². The molecule has 0 radical (unpaired) electrons. The van der Waals surface area contributed by atoms with E-state index in [2.05, 4.69) is 21.2 Å². The van der Waals surface area contributed by atoms with E-state index < -0.39 is 28.5 Å². The van der Waals surface area contributed by atoms with Crippen LogP contribution in [0.4, 0.5) is 5.69 Å². The lowest BCUT2D eigenvalue weighted by atomic mass is 10.1. The SMILES string of the molecule is CCCCNC(=O)[C@H](C)N(Cc1ccc(Br)cc1)C(=O)CN(c1cc(Cl)ccc1OC)S(=O)(=O)c1ccc(OC)c(OC)c1. The van der Waals surface area contributed by atoms with Gasteiger partial charge >= 0.3 is 0 Å². The molecule has 1 N–H and O–H groups in total. The summed E-state index contributed by atoms with van der Waals surface area (Å²) >= 11 is 9.72. The summed E-state index contributed by atoms with van der Waals surface area (Å²) in [6.07, 6.45) is 1.67. The maximum absolute atomic E-state index is 14.3. The number of hydrogen-bond donors (Lipinski definition) is 1. The first-order chi connectivity index (χ1) is 21.0. The summed E-state index contributed by atoms with van der Waals surface area (Å²) in [4.78, 5) is 28.5. The second-order valence-electron chi connectivity index (χ2n) is 9.81. The molecular weight excluding hydrogens is 674 g/mol. The molecule has 10 nitrogen and oxygen atoms in total.